The summed E-state index contributed by atoms with van der Waals surface area (Å²) in [6, 6.07) is 11.7. The first-order valence-corrected chi connectivity index (χ1v) is 8.11. The number of hydrogen-bond donors (Lipinski definition) is 2. The molecule has 0 fully saturated rings. The molecule has 0 saturated carbocycles. The summed E-state index contributed by atoms with van der Waals surface area (Å²) in [6.07, 6.45) is 0. The summed E-state index contributed by atoms with van der Waals surface area (Å²) < 4.78 is 0. The van der Waals surface area contributed by atoms with Gasteiger partial charge in [-0.05, 0) is 53.6 Å². The van der Waals surface area contributed by atoms with E-state index in [0.29, 0.717) is 23.1 Å². The molecule has 4 heteroatoms. The highest BCUT2D eigenvalue weighted by Gasteiger charge is 2.14. The molecule has 130 valence electrons. The number of aryl methyl sites for hydroxylation is 1. The van der Waals surface area contributed by atoms with E-state index >= 15 is 0 Å². The summed E-state index contributed by atoms with van der Waals surface area (Å²) in [7, 11) is 0. The highest BCUT2D eigenvalue weighted by Crippen LogP contribution is 2.29. The zero-order chi connectivity index (χ0) is 17.1. The molecule has 0 bridgehead atoms. The van der Waals surface area contributed by atoms with E-state index < -0.39 is 0 Å². The number of anilines is 2. The van der Waals surface area contributed by atoms with Gasteiger partial charge in [0, 0.05) is 16.9 Å². The van der Waals surface area contributed by atoms with Crippen molar-refractivity contribution in [3.8, 4) is 0 Å². The Balaban J connectivity index is 0.00000288. The molecule has 0 saturated heterocycles. The van der Waals surface area contributed by atoms with Crippen LogP contribution in [0.3, 0.4) is 0 Å². The van der Waals surface area contributed by atoms with Gasteiger partial charge in [0.2, 0.25) is 0 Å². The lowest BCUT2D eigenvalue weighted by Gasteiger charge is -2.17. The molecule has 1 amide bonds. The van der Waals surface area contributed by atoms with Crippen molar-refractivity contribution in [2.45, 2.75) is 46.5 Å². The van der Waals surface area contributed by atoms with Crippen molar-refractivity contribution in [3.05, 3.63) is 58.7 Å². The van der Waals surface area contributed by atoms with Gasteiger partial charge in [0.25, 0.3) is 5.91 Å². The standard InChI is InChI=1S/C20H26N2O.ClH/c1-12(2)15-7-9-19(17(10-15)13(3)4)22-20(23)18-11-16(21)8-6-14(18)5;/h6-13H,21H2,1-5H3,(H,22,23);1H. The van der Waals surface area contributed by atoms with Crippen LogP contribution in [0.25, 0.3) is 0 Å². The van der Waals surface area contributed by atoms with Gasteiger partial charge in [-0.1, -0.05) is 45.9 Å². The molecule has 0 aromatic heterocycles. The van der Waals surface area contributed by atoms with Crippen LogP contribution in [0.15, 0.2) is 36.4 Å². The molecule has 0 aliphatic heterocycles. The van der Waals surface area contributed by atoms with Crippen molar-refractivity contribution in [2.24, 2.45) is 0 Å². The first kappa shape index (κ1) is 20.0. The number of nitrogens with two attached hydrogens (primary N) is 1. The number of halogens is 1. The topological polar surface area (TPSA) is 55.1 Å². The molecule has 0 aliphatic carbocycles. The fraction of sp³-hybridized carbons (Fsp3) is 0.350. The van der Waals surface area contributed by atoms with E-state index in [1.54, 1.807) is 6.07 Å². The first-order chi connectivity index (χ1) is 10.8. The summed E-state index contributed by atoms with van der Waals surface area (Å²) in [5.74, 6) is 0.688. The van der Waals surface area contributed by atoms with Gasteiger partial charge in [-0.2, -0.15) is 0 Å². The van der Waals surface area contributed by atoms with Crippen molar-refractivity contribution in [1.29, 1.82) is 0 Å². The SMILES string of the molecule is Cc1ccc(N)cc1C(=O)Nc1ccc(C(C)C)cc1C(C)C.Cl. The number of carbonyl (C=O) groups excluding carboxylic acids is 1. The molecule has 2 aromatic carbocycles. The first-order valence-electron chi connectivity index (χ1n) is 8.11. The molecular formula is C20H27ClN2O. The van der Waals surface area contributed by atoms with Gasteiger partial charge in [0.15, 0.2) is 0 Å². The molecule has 0 heterocycles. The van der Waals surface area contributed by atoms with Gasteiger partial charge in [-0.25, -0.2) is 0 Å². The van der Waals surface area contributed by atoms with Crippen LogP contribution in [0.5, 0.6) is 0 Å². The smallest absolute Gasteiger partial charge is 0.256 e. The van der Waals surface area contributed by atoms with Crippen LogP contribution in [-0.2, 0) is 0 Å². The molecule has 0 atom stereocenters. The number of carbonyl (C=O) groups is 1. The predicted molar refractivity (Wildman–Crippen MR) is 105 cm³/mol. The second kappa shape index (κ2) is 8.20. The van der Waals surface area contributed by atoms with Gasteiger partial charge >= 0.3 is 0 Å². The van der Waals surface area contributed by atoms with Gasteiger partial charge in [0.1, 0.15) is 0 Å². The van der Waals surface area contributed by atoms with Crippen molar-refractivity contribution < 1.29 is 4.79 Å². The lowest BCUT2D eigenvalue weighted by molar-refractivity contribution is 0.102. The zero-order valence-corrected chi connectivity index (χ0v) is 15.8. The second-order valence-electron chi connectivity index (χ2n) is 6.68. The zero-order valence-electron chi connectivity index (χ0n) is 15.0. The number of rotatable bonds is 4. The molecule has 24 heavy (non-hydrogen) atoms. The van der Waals surface area contributed by atoms with Gasteiger partial charge in [0.05, 0.1) is 0 Å². The summed E-state index contributed by atoms with van der Waals surface area (Å²) in [6.45, 7) is 10.5. The highest BCUT2D eigenvalue weighted by atomic mass is 35.5. The summed E-state index contributed by atoms with van der Waals surface area (Å²) >= 11 is 0. The van der Waals surface area contributed by atoms with Crippen LogP contribution in [0.1, 0.15) is 66.6 Å². The number of nitrogen functional groups attached to an aromatic ring is 1. The minimum Gasteiger partial charge on any atom is -0.399 e. The fourth-order valence-electron chi connectivity index (χ4n) is 2.61. The highest BCUT2D eigenvalue weighted by molar-refractivity contribution is 6.06. The van der Waals surface area contributed by atoms with E-state index in [-0.39, 0.29) is 18.3 Å². The molecule has 0 spiro atoms. The lowest BCUT2D eigenvalue weighted by atomic mass is 9.94. The Bertz CT molecular complexity index is 724. The minimum absolute atomic E-state index is 0. The normalized spacial score (nSPS) is 10.6. The largest absolute Gasteiger partial charge is 0.399 e. The average Bonchev–Trinajstić information content (AvgIpc) is 2.49. The average molecular weight is 347 g/mol. The van der Waals surface area contributed by atoms with Crippen LogP contribution < -0.4 is 11.1 Å². The quantitative estimate of drug-likeness (QED) is 0.718. The van der Waals surface area contributed by atoms with Crippen LogP contribution in [0.2, 0.25) is 0 Å². The maximum absolute atomic E-state index is 12.6. The molecular weight excluding hydrogens is 320 g/mol. The molecule has 2 aromatic rings. The van der Waals surface area contributed by atoms with Gasteiger partial charge in [-0.3, -0.25) is 4.79 Å². The third-order valence-corrected chi connectivity index (χ3v) is 4.12. The van der Waals surface area contributed by atoms with Crippen molar-refractivity contribution in [2.75, 3.05) is 11.1 Å². The third-order valence-electron chi connectivity index (χ3n) is 4.12. The van der Waals surface area contributed by atoms with E-state index in [2.05, 4.69) is 45.1 Å². The Morgan fingerprint density at radius 2 is 1.67 bits per heavy atom. The molecule has 0 aliphatic rings. The van der Waals surface area contributed by atoms with Crippen LogP contribution in [0.4, 0.5) is 11.4 Å². The van der Waals surface area contributed by atoms with Crippen LogP contribution in [-0.4, -0.2) is 5.91 Å². The Morgan fingerprint density at radius 3 is 2.25 bits per heavy atom. The Labute approximate surface area is 151 Å². The number of nitrogens with one attached hydrogen (secondary N) is 1. The summed E-state index contributed by atoms with van der Waals surface area (Å²) in [5.41, 5.74) is 11.3. The van der Waals surface area contributed by atoms with Gasteiger partial charge in [-0.15, -0.1) is 12.4 Å². The summed E-state index contributed by atoms with van der Waals surface area (Å²) in [5, 5.41) is 3.05. The third kappa shape index (κ3) is 4.51. The molecule has 3 nitrogen and oxygen atoms in total. The number of benzene rings is 2. The lowest BCUT2D eigenvalue weighted by Crippen LogP contribution is -2.15. The predicted octanol–water partition coefficient (Wildman–Crippen LogP) is 5.50. The summed E-state index contributed by atoms with van der Waals surface area (Å²) in [4.78, 5) is 12.6. The molecule has 3 N–H and O–H groups in total. The minimum atomic E-state index is -0.117. The maximum Gasteiger partial charge on any atom is 0.256 e. The van der Waals surface area contributed by atoms with Crippen molar-refractivity contribution in [1.82, 2.24) is 0 Å². The van der Waals surface area contributed by atoms with Crippen molar-refractivity contribution in [3.63, 3.8) is 0 Å². The van der Waals surface area contributed by atoms with Crippen LogP contribution in [0, 0.1) is 6.92 Å². The van der Waals surface area contributed by atoms with E-state index in [4.69, 9.17) is 5.73 Å². The molecule has 0 unspecified atom stereocenters. The molecule has 0 radical (unpaired) electrons. The maximum atomic E-state index is 12.6. The Hall–Kier alpha value is -2.00. The van der Waals surface area contributed by atoms with Gasteiger partial charge < -0.3 is 11.1 Å². The molecule has 2 rings (SSSR count). The van der Waals surface area contributed by atoms with Crippen molar-refractivity contribution >= 4 is 29.7 Å². The van der Waals surface area contributed by atoms with E-state index in [1.165, 1.54) is 5.56 Å². The number of amides is 1. The van der Waals surface area contributed by atoms with E-state index in [0.717, 1.165) is 16.8 Å². The number of hydrogen-bond acceptors (Lipinski definition) is 2. The Morgan fingerprint density at radius 1 is 1.00 bits per heavy atom. The van der Waals surface area contributed by atoms with E-state index in [1.807, 2.05) is 25.1 Å². The Kier molecular flexibility index (Phi) is 6.85. The van der Waals surface area contributed by atoms with E-state index in [9.17, 15) is 4.79 Å². The van der Waals surface area contributed by atoms with Crippen LogP contribution >= 0.6 is 12.4 Å². The monoisotopic (exact) mass is 346 g/mol. The fourth-order valence-corrected chi connectivity index (χ4v) is 2.61. The second-order valence-corrected chi connectivity index (χ2v) is 6.68.